The molecule has 88 valence electrons. The quantitative estimate of drug-likeness (QED) is 0.751. The van der Waals surface area contributed by atoms with Gasteiger partial charge in [0, 0.05) is 6.20 Å². The van der Waals surface area contributed by atoms with E-state index in [-0.39, 0.29) is 5.69 Å². The second kappa shape index (κ2) is 5.06. The van der Waals surface area contributed by atoms with Gasteiger partial charge in [0.1, 0.15) is 5.82 Å². The number of aromatic amines is 1. The molecular weight excluding hydrogens is 222 g/mol. The third-order valence-electron chi connectivity index (χ3n) is 2.07. The molecule has 0 saturated heterocycles. The average molecular weight is 233 g/mol. The Balaban J connectivity index is 1.96. The Kier molecular flexibility index (Phi) is 3.29. The zero-order valence-electron chi connectivity index (χ0n) is 9.17. The second-order valence-corrected chi connectivity index (χ2v) is 3.23. The zero-order valence-corrected chi connectivity index (χ0v) is 9.17. The maximum absolute atomic E-state index is 11.1. The van der Waals surface area contributed by atoms with Crippen LogP contribution in [0.2, 0.25) is 0 Å². The van der Waals surface area contributed by atoms with Crippen LogP contribution in [-0.2, 0) is 11.3 Å². The first-order valence-electron chi connectivity index (χ1n) is 4.93. The first kappa shape index (κ1) is 11.1. The number of ether oxygens (including phenoxy) is 1. The maximum atomic E-state index is 11.1. The highest BCUT2D eigenvalue weighted by Crippen LogP contribution is 2.04. The summed E-state index contributed by atoms with van der Waals surface area (Å²) in [5.41, 5.74) is 1.11. The van der Waals surface area contributed by atoms with Gasteiger partial charge in [-0.1, -0.05) is 0 Å². The summed E-state index contributed by atoms with van der Waals surface area (Å²) in [5.74, 6) is 0.0740. The van der Waals surface area contributed by atoms with Gasteiger partial charge < -0.3 is 15.0 Å². The van der Waals surface area contributed by atoms with E-state index in [9.17, 15) is 4.79 Å². The van der Waals surface area contributed by atoms with Crippen LogP contribution in [0.25, 0.3) is 0 Å². The first-order chi connectivity index (χ1) is 8.29. The van der Waals surface area contributed by atoms with Crippen LogP contribution < -0.4 is 5.32 Å². The average Bonchev–Trinajstić information content (AvgIpc) is 2.89. The molecule has 2 heterocycles. The van der Waals surface area contributed by atoms with Gasteiger partial charge in [0.15, 0.2) is 5.69 Å². The predicted molar refractivity (Wildman–Crippen MR) is 59.3 cm³/mol. The number of hydrogen-bond acceptors (Lipinski definition) is 6. The van der Waals surface area contributed by atoms with Gasteiger partial charge in [-0.3, -0.25) is 0 Å². The van der Waals surface area contributed by atoms with E-state index in [2.05, 4.69) is 30.2 Å². The van der Waals surface area contributed by atoms with Gasteiger partial charge in [0.2, 0.25) is 0 Å². The third-order valence-corrected chi connectivity index (χ3v) is 2.07. The molecule has 0 fully saturated rings. The van der Waals surface area contributed by atoms with E-state index in [1.165, 1.54) is 7.11 Å². The SMILES string of the molecule is COC(=O)c1ccc(NCc2cnc[nH]2)nn1. The van der Waals surface area contributed by atoms with Crippen molar-refractivity contribution in [1.29, 1.82) is 0 Å². The summed E-state index contributed by atoms with van der Waals surface area (Å²) >= 11 is 0. The van der Waals surface area contributed by atoms with Crippen molar-refractivity contribution in [2.45, 2.75) is 6.54 Å². The second-order valence-electron chi connectivity index (χ2n) is 3.23. The smallest absolute Gasteiger partial charge is 0.358 e. The molecule has 2 N–H and O–H groups in total. The van der Waals surface area contributed by atoms with Crippen LogP contribution in [0.4, 0.5) is 5.82 Å². The van der Waals surface area contributed by atoms with Crippen molar-refractivity contribution in [1.82, 2.24) is 20.2 Å². The number of H-pyrrole nitrogens is 1. The number of methoxy groups -OCH3 is 1. The van der Waals surface area contributed by atoms with Crippen LogP contribution in [-0.4, -0.2) is 33.2 Å². The topological polar surface area (TPSA) is 92.8 Å². The molecule has 0 saturated carbocycles. The number of carbonyl (C=O) groups excluding carboxylic acids is 1. The number of nitrogens with one attached hydrogen (secondary N) is 2. The summed E-state index contributed by atoms with van der Waals surface area (Å²) in [6.45, 7) is 0.562. The molecule has 0 atom stereocenters. The minimum absolute atomic E-state index is 0.180. The molecule has 2 rings (SSSR count). The number of imidazole rings is 1. The first-order valence-corrected chi connectivity index (χ1v) is 4.93. The molecule has 0 amide bonds. The van der Waals surface area contributed by atoms with Gasteiger partial charge in [0.25, 0.3) is 0 Å². The van der Waals surface area contributed by atoms with Crippen molar-refractivity contribution in [3.05, 3.63) is 36.0 Å². The van der Waals surface area contributed by atoms with Crippen LogP contribution in [0.1, 0.15) is 16.2 Å². The third kappa shape index (κ3) is 2.77. The minimum Gasteiger partial charge on any atom is -0.464 e. The predicted octanol–water partition coefficient (Wildman–Crippen LogP) is 0.598. The van der Waals surface area contributed by atoms with E-state index in [4.69, 9.17) is 0 Å². The highest BCUT2D eigenvalue weighted by atomic mass is 16.5. The number of esters is 1. The lowest BCUT2D eigenvalue weighted by Crippen LogP contribution is -2.08. The Morgan fingerprint density at radius 2 is 2.35 bits per heavy atom. The fraction of sp³-hybridized carbons (Fsp3) is 0.200. The van der Waals surface area contributed by atoms with Crippen molar-refractivity contribution in [3.8, 4) is 0 Å². The van der Waals surface area contributed by atoms with E-state index in [0.29, 0.717) is 12.4 Å². The Hall–Kier alpha value is -2.44. The Bertz CT molecular complexity index is 480. The monoisotopic (exact) mass is 233 g/mol. The summed E-state index contributed by atoms with van der Waals surface area (Å²) in [4.78, 5) is 18.0. The van der Waals surface area contributed by atoms with Crippen LogP contribution in [0.15, 0.2) is 24.7 Å². The molecular formula is C10H11N5O2. The fourth-order valence-electron chi connectivity index (χ4n) is 1.21. The Morgan fingerprint density at radius 1 is 1.47 bits per heavy atom. The van der Waals surface area contributed by atoms with E-state index < -0.39 is 5.97 Å². The van der Waals surface area contributed by atoms with Gasteiger partial charge in [-0.05, 0) is 12.1 Å². The fourth-order valence-corrected chi connectivity index (χ4v) is 1.21. The number of rotatable bonds is 4. The lowest BCUT2D eigenvalue weighted by molar-refractivity contribution is 0.0593. The molecule has 0 bridgehead atoms. The highest BCUT2D eigenvalue weighted by molar-refractivity contribution is 5.86. The minimum atomic E-state index is -0.502. The summed E-state index contributed by atoms with van der Waals surface area (Å²) < 4.78 is 4.52. The summed E-state index contributed by atoms with van der Waals surface area (Å²) in [6.07, 6.45) is 3.31. The molecule has 0 radical (unpaired) electrons. The Morgan fingerprint density at radius 3 is 2.94 bits per heavy atom. The van der Waals surface area contributed by atoms with E-state index in [0.717, 1.165) is 5.69 Å². The molecule has 2 aromatic rings. The highest BCUT2D eigenvalue weighted by Gasteiger charge is 2.07. The lowest BCUT2D eigenvalue weighted by Gasteiger charge is -2.03. The molecule has 0 unspecified atom stereocenters. The molecule has 17 heavy (non-hydrogen) atoms. The van der Waals surface area contributed by atoms with Crippen molar-refractivity contribution < 1.29 is 9.53 Å². The standard InChI is InChI=1S/C10H11N5O2/c1-17-10(16)8-2-3-9(15-14-8)12-5-7-4-11-6-13-7/h2-4,6H,5H2,1H3,(H,11,13)(H,12,15). The number of anilines is 1. The van der Waals surface area contributed by atoms with Crippen molar-refractivity contribution in [2.24, 2.45) is 0 Å². The normalized spacial score (nSPS) is 9.94. The summed E-state index contributed by atoms with van der Waals surface area (Å²) in [5, 5.41) is 10.6. The van der Waals surface area contributed by atoms with Gasteiger partial charge in [-0.2, -0.15) is 0 Å². The summed E-state index contributed by atoms with van der Waals surface area (Å²) in [7, 11) is 1.30. The van der Waals surface area contributed by atoms with Crippen LogP contribution >= 0.6 is 0 Å². The van der Waals surface area contributed by atoms with Crippen LogP contribution in [0.3, 0.4) is 0 Å². The molecule has 7 heteroatoms. The molecule has 0 aromatic carbocycles. The number of nitrogens with zero attached hydrogens (tertiary/aromatic N) is 3. The molecule has 0 aliphatic heterocycles. The van der Waals surface area contributed by atoms with Crippen molar-refractivity contribution in [2.75, 3.05) is 12.4 Å². The Labute approximate surface area is 97.2 Å². The van der Waals surface area contributed by atoms with Gasteiger partial charge in [-0.15, -0.1) is 10.2 Å². The van der Waals surface area contributed by atoms with Gasteiger partial charge in [0.05, 0.1) is 25.7 Å². The molecule has 2 aromatic heterocycles. The number of carbonyl (C=O) groups is 1. The van der Waals surface area contributed by atoms with Crippen LogP contribution in [0, 0.1) is 0 Å². The zero-order chi connectivity index (χ0) is 12.1. The maximum Gasteiger partial charge on any atom is 0.358 e. The largest absolute Gasteiger partial charge is 0.464 e. The summed E-state index contributed by atoms with van der Waals surface area (Å²) in [6, 6.07) is 3.21. The lowest BCUT2D eigenvalue weighted by atomic mass is 10.4. The van der Waals surface area contributed by atoms with E-state index in [1.54, 1.807) is 24.7 Å². The molecule has 0 aliphatic rings. The van der Waals surface area contributed by atoms with Crippen LogP contribution in [0.5, 0.6) is 0 Å². The van der Waals surface area contributed by atoms with Crippen molar-refractivity contribution in [3.63, 3.8) is 0 Å². The molecule has 0 spiro atoms. The number of aromatic nitrogens is 4. The molecule has 7 nitrogen and oxygen atoms in total. The van der Waals surface area contributed by atoms with Gasteiger partial charge >= 0.3 is 5.97 Å². The molecule has 0 aliphatic carbocycles. The van der Waals surface area contributed by atoms with Crippen molar-refractivity contribution >= 4 is 11.8 Å². The van der Waals surface area contributed by atoms with Gasteiger partial charge in [-0.25, -0.2) is 9.78 Å². The van der Waals surface area contributed by atoms with E-state index >= 15 is 0 Å². The van der Waals surface area contributed by atoms with E-state index in [1.807, 2.05) is 0 Å². The number of hydrogen-bond donors (Lipinski definition) is 2.